The maximum Gasteiger partial charge on any atom is 0.306 e. The van der Waals surface area contributed by atoms with E-state index in [0.717, 1.165) is 4.90 Å². The molecule has 0 radical (unpaired) electrons. The number of carbonyl (C=O) groups excluding carboxylic acids is 5. The Morgan fingerprint density at radius 2 is 1.78 bits per heavy atom. The number of benzene rings is 1. The van der Waals surface area contributed by atoms with E-state index < -0.39 is 35.3 Å². The van der Waals surface area contributed by atoms with E-state index in [2.05, 4.69) is 5.32 Å². The smallest absolute Gasteiger partial charge is 0.306 e. The van der Waals surface area contributed by atoms with Gasteiger partial charge in [-0.3, -0.25) is 34.2 Å². The highest BCUT2D eigenvalue weighted by Gasteiger charge is 2.45. The van der Waals surface area contributed by atoms with Crippen LogP contribution in [0.4, 0.5) is 0 Å². The summed E-state index contributed by atoms with van der Waals surface area (Å²) < 4.78 is 11.3. The molecule has 2 aliphatic heterocycles. The Hall–Kier alpha value is -3.23. The van der Waals surface area contributed by atoms with Gasteiger partial charge in [-0.2, -0.15) is 0 Å². The van der Waals surface area contributed by atoms with E-state index in [1.54, 1.807) is 6.07 Å². The van der Waals surface area contributed by atoms with Gasteiger partial charge in [0.2, 0.25) is 11.8 Å². The topological polar surface area (TPSA) is 119 Å². The molecule has 4 amide bonds. The number of imide groups is 2. The predicted octanol–water partition coefficient (Wildman–Crippen LogP) is 1.98. The second-order valence-electron chi connectivity index (χ2n) is 9.52. The Bertz CT molecular complexity index is 1000. The van der Waals surface area contributed by atoms with Crippen molar-refractivity contribution in [3.05, 3.63) is 29.3 Å². The fourth-order valence-electron chi connectivity index (χ4n) is 4.27. The molecule has 2 heterocycles. The molecular formula is C23H26N2O7. The molecule has 3 aliphatic rings. The van der Waals surface area contributed by atoms with Gasteiger partial charge < -0.3 is 9.47 Å². The zero-order chi connectivity index (χ0) is 23.2. The largest absolute Gasteiger partial charge is 0.490 e. The van der Waals surface area contributed by atoms with Crippen LogP contribution >= 0.6 is 0 Å². The molecule has 1 saturated carbocycles. The van der Waals surface area contributed by atoms with Crippen molar-refractivity contribution in [1.29, 1.82) is 0 Å². The number of fused-ring (bicyclic) bond motifs is 1. The molecule has 4 rings (SSSR count). The molecule has 1 unspecified atom stereocenters. The van der Waals surface area contributed by atoms with Gasteiger partial charge in [0.05, 0.1) is 17.2 Å². The van der Waals surface area contributed by atoms with Gasteiger partial charge >= 0.3 is 5.97 Å². The van der Waals surface area contributed by atoms with E-state index in [0.29, 0.717) is 25.0 Å². The van der Waals surface area contributed by atoms with Crippen molar-refractivity contribution >= 4 is 29.6 Å². The third-order valence-electron chi connectivity index (χ3n) is 5.78. The van der Waals surface area contributed by atoms with Crippen molar-refractivity contribution in [3.8, 4) is 5.75 Å². The van der Waals surface area contributed by atoms with E-state index >= 15 is 0 Å². The van der Waals surface area contributed by atoms with Gasteiger partial charge in [0.1, 0.15) is 17.4 Å². The second-order valence-corrected chi connectivity index (χ2v) is 9.52. The summed E-state index contributed by atoms with van der Waals surface area (Å²) in [6, 6.07) is 3.67. The Morgan fingerprint density at radius 1 is 1.09 bits per heavy atom. The highest BCUT2D eigenvalue weighted by molar-refractivity contribution is 6.23. The SMILES string of the molecule is CC(C)(C)OC(=O)CC1CC(Oc2ccc3c(c2)C(=O)N(C2CCC(=O)NC2=O)C3=O)C1. The molecule has 1 aliphatic carbocycles. The minimum Gasteiger partial charge on any atom is -0.490 e. The van der Waals surface area contributed by atoms with Crippen LogP contribution in [0.1, 0.15) is 73.6 Å². The average molecular weight is 442 g/mol. The Balaban J connectivity index is 1.36. The van der Waals surface area contributed by atoms with Crippen molar-refractivity contribution in [2.24, 2.45) is 5.92 Å². The van der Waals surface area contributed by atoms with Crippen LogP contribution in [0.3, 0.4) is 0 Å². The van der Waals surface area contributed by atoms with Gasteiger partial charge in [-0.25, -0.2) is 0 Å². The maximum absolute atomic E-state index is 12.9. The molecule has 0 aromatic heterocycles. The normalized spacial score (nSPS) is 25.2. The molecule has 1 aromatic carbocycles. The lowest BCUT2D eigenvalue weighted by Gasteiger charge is -2.35. The predicted molar refractivity (Wildman–Crippen MR) is 111 cm³/mol. The van der Waals surface area contributed by atoms with Crippen LogP contribution in [0, 0.1) is 5.92 Å². The number of piperidine rings is 1. The monoisotopic (exact) mass is 442 g/mol. The Morgan fingerprint density at radius 3 is 2.44 bits per heavy atom. The van der Waals surface area contributed by atoms with Crippen LogP contribution in [0.25, 0.3) is 0 Å². The van der Waals surface area contributed by atoms with Gasteiger partial charge in [-0.05, 0) is 64.2 Å². The standard InChI is InChI=1S/C23H26N2O7/c1-23(2,3)32-19(27)10-12-8-14(9-12)31-13-4-5-15-16(11-13)22(30)25(21(15)29)17-6-7-18(26)24-20(17)28/h4-5,11-12,14,17H,6-10H2,1-3H3,(H,24,26,28). The number of esters is 1. The number of carbonyl (C=O) groups is 5. The van der Waals surface area contributed by atoms with Crippen molar-refractivity contribution in [2.45, 2.75) is 70.6 Å². The fraction of sp³-hybridized carbons (Fsp3) is 0.522. The summed E-state index contributed by atoms with van der Waals surface area (Å²) in [7, 11) is 0. The highest BCUT2D eigenvalue weighted by atomic mass is 16.6. The van der Waals surface area contributed by atoms with Gasteiger partial charge in [-0.1, -0.05) is 0 Å². The first-order valence-corrected chi connectivity index (χ1v) is 10.8. The van der Waals surface area contributed by atoms with Crippen LogP contribution in [0.5, 0.6) is 5.75 Å². The second kappa shape index (κ2) is 8.03. The number of amides is 4. The molecule has 32 heavy (non-hydrogen) atoms. The first-order valence-electron chi connectivity index (χ1n) is 10.8. The number of ether oxygens (including phenoxy) is 2. The quantitative estimate of drug-likeness (QED) is 0.547. The lowest BCUT2D eigenvalue weighted by molar-refractivity contribution is -0.157. The molecule has 170 valence electrons. The van der Waals surface area contributed by atoms with Crippen LogP contribution in [0.2, 0.25) is 0 Å². The van der Waals surface area contributed by atoms with E-state index in [1.807, 2.05) is 20.8 Å². The van der Waals surface area contributed by atoms with Crippen LogP contribution < -0.4 is 10.1 Å². The maximum atomic E-state index is 12.9. The van der Waals surface area contributed by atoms with Crippen LogP contribution in [0.15, 0.2) is 18.2 Å². The first kappa shape index (κ1) is 22.0. The molecule has 0 bridgehead atoms. The number of hydrogen-bond acceptors (Lipinski definition) is 7. The number of rotatable bonds is 5. The summed E-state index contributed by atoms with van der Waals surface area (Å²) in [5.74, 6) is -1.75. The minimum atomic E-state index is -0.996. The van der Waals surface area contributed by atoms with E-state index in [9.17, 15) is 24.0 Å². The van der Waals surface area contributed by atoms with E-state index in [-0.39, 0.29) is 42.0 Å². The van der Waals surface area contributed by atoms with Gasteiger partial charge in [0.15, 0.2) is 0 Å². The highest BCUT2D eigenvalue weighted by Crippen LogP contribution is 2.36. The van der Waals surface area contributed by atoms with Crippen molar-refractivity contribution < 1.29 is 33.4 Å². The summed E-state index contributed by atoms with van der Waals surface area (Å²) in [6.07, 6.45) is 1.84. The number of nitrogens with one attached hydrogen (secondary N) is 1. The van der Waals surface area contributed by atoms with Crippen LogP contribution in [-0.2, 0) is 19.1 Å². The van der Waals surface area contributed by atoms with Crippen LogP contribution in [-0.4, -0.2) is 52.2 Å². The van der Waals surface area contributed by atoms with Crippen molar-refractivity contribution in [2.75, 3.05) is 0 Å². The third-order valence-corrected chi connectivity index (χ3v) is 5.78. The van der Waals surface area contributed by atoms with Crippen molar-refractivity contribution in [3.63, 3.8) is 0 Å². The molecule has 0 spiro atoms. The summed E-state index contributed by atoms with van der Waals surface area (Å²) in [6.45, 7) is 5.50. The minimum absolute atomic E-state index is 0.0737. The Labute approximate surface area is 185 Å². The molecule has 1 saturated heterocycles. The van der Waals surface area contributed by atoms with Gasteiger partial charge in [0, 0.05) is 12.8 Å². The number of nitrogens with zero attached hydrogens (tertiary/aromatic N) is 1. The molecular weight excluding hydrogens is 416 g/mol. The molecule has 9 heteroatoms. The lowest BCUT2D eigenvalue weighted by Crippen LogP contribution is -2.54. The van der Waals surface area contributed by atoms with Gasteiger partial charge in [0.25, 0.3) is 11.8 Å². The summed E-state index contributed by atoms with van der Waals surface area (Å²) >= 11 is 0. The summed E-state index contributed by atoms with van der Waals surface area (Å²) in [5.41, 5.74) is -0.113. The zero-order valence-electron chi connectivity index (χ0n) is 18.3. The number of hydrogen-bond donors (Lipinski definition) is 1. The van der Waals surface area contributed by atoms with E-state index in [4.69, 9.17) is 9.47 Å². The summed E-state index contributed by atoms with van der Waals surface area (Å²) in [5, 5.41) is 2.18. The third kappa shape index (κ3) is 4.37. The van der Waals surface area contributed by atoms with Gasteiger partial charge in [-0.15, -0.1) is 0 Å². The summed E-state index contributed by atoms with van der Waals surface area (Å²) in [4.78, 5) is 62.0. The van der Waals surface area contributed by atoms with Crippen molar-refractivity contribution in [1.82, 2.24) is 10.2 Å². The average Bonchev–Trinajstić information content (AvgIpc) is 2.89. The fourth-order valence-corrected chi connectivity index (χ4v) is 4.27. The molecule has 9 nitrogen and oxygen atoms in total. The molecule has 1 atom stereocenters. The lowest BCUT2D eigenvalue weighted by atomic mass is 9.80. The molecule has 2 fully saturated rings. The zero-order valence-corrected chi connectivity index (χ0v) is 18.3. The molecule has 1 aromatic rings. The first-order chi connectivity index (χ1) is 15.0. The van der Waals surface area contributed by atoms with E-state index in [1.165, 1.54) is 12.1 Å². The Kier molecular flexibility index (Phi) is 5.52. The molecule has 1 N–H and O–H groups in total.